The largest absolute Gasteiger partial charge is 0.486 e. The lowest BCUT2D eigenvalue weighted by Gasteiger charge is -2.44. The molecule has 2 aromatic rings. The third-order valence-electron chi connectivity index (χ3n) is 5.04. The van der Waals surface area contributed by atoms with Crippen LogP contribution in [0.4, 0.5) is 17.3 Å². The SMILES string of the molecule is Nc1ncnc(N2CCC3(CC2)CC(=O)c2cc(Cl)ccc2O3)c1[N+](=O)[O-]. The van der Waals surface area contributed by atoms with E-state index in [0.717, 1.165) is 0 Å². The number of hydrogen-bond acceptors (Lipinski definition) is 8. The van der Waals surface area contributed by atoms with Gasteiger partial charge in [0.15, 0.2) is 5.78 Å². The lowest BCUT2D eigenvalue weighted by molar-refractivity contribution is -0.383. The average Bonchev–Trinajstić information content (AvgIpc) is 2.63. The Kier molecular flexibility index (Phi) is 4.11. The number of piperidine rings is 1. The van der Waals surface area contributed by atoms with Gasteiger partial charge in [0.25, 0.3) is 0 Å². The number of nitrogens with zero attached hydrogens (tertiary/aromatic N) is 4. The summed E-state index contributed by atoms with van der Waals surface area (Å²) in [6.45, 7) is 0.904. The molecule has 140 valence electrons. The van der Waals surface area contributed by atoms with Crippen LogP contribution in [0.15, 0.2) is 24.5 Å². The van der Waals surface area contributed by atoms with Crippen molar-refractivity contribution in [3.05, 3.63) is 45.2 Å². The number of hydrogen-bond donors (Lipinski definition) is 1. The number of aromatic nitrogens is 2. The van der Waals surface area contributed by atoms with Crippen molar-refractivity contribution in [2.75, 3.05) is 23.7 Å². The van der Waals surface area contributed by atoms with E-state index in [-0.39, 0.29) is 29.5 Å². The number of rotatable bonds is 2. The van der Waals surface area contributed by atoms with Crippen molar-refractivity contribution in [2.45, 2.75) is 24.9 Å². The first kappa shape index (κ1) is 17.5. The van der Waals surface area contributed by atoms with Gasteiger partial charge in [-0.15, -0.1) is 0 Å². The molecule has 1 fully saturated rings. The molecule has 3 heterocycles. The molecule has 9 nitrogen and oxygen atoms in total. The number of carbonyl (C=O) groups excluding carboxylic acids is 1. The summed E-state index contributed by atoms with van der Waals surface area (Å²) >= 11 is 5.97. The Morgan fingerprint density at radius 3 is 2.74 bits per heavy atom. The fraction of sp³-hybridized carbons (Fsp3) is 0.353. The van der Waals surface area contributed by atoms with Crippen LogP contribution >= 0.6 is 11.6 Å². The van der Waals surface area contributed by atoms with Crippen molar-refractivity contribution in [3.8, 4) is 5.75 Å². The van der Waals surface area contributed by atoms with Crippen molar-refractivity contribution < 1.29 is 14.5 Å². The van der Waals surface area contributed by atoms with Gasteiger partial charge in [-0.05, 0) is 18.2 Å². The van der Waals surface area contributed by atoms with Crippen LogP contribution in [0.5, 0.6) is 5.75 Å². The van der Waals surface area contributed by atoms with Gasteiger partial charge < -0.3 is 15.4 Å². The highest BCUT2D eigenvalue weighted by Crippen LogP contribution is 2.41. The Labute approximate surface area is 159 Å². The van der Waals surface area contributed by atoms with Gasteiger partial charge in [0.1, 0.15) is 17.7 Å². The Morgan fingerprint density at radius 1 is 1.30 bits per heavy atom. The highest BCUT2D eigenvalue weighted by Gasteiger charge is 2.44. The fourth-order valence-corrected chi connectivity index (χ4v) is 3.83. The van der Waals surface area contributed by atoms with Crippen molar-refractivity contribution in [1.29, 1.82) is 0 Å². The molecular weight excluding hydrogens is 374 g/mol. The number of anilines is 2. The first-order chi connectivity index (χ1) is 12.9. The van der Waals surface area contributed by atoms with Crippen molar-refractivity contribution in [2.24, 2.45) is 0 Å². The van der Waals surface area contributed by atoms with E-state index in [4.69, 9.17) is 22.1 Å². The maximum atomic E-state index is 12.6. The molecule has 1 saturated heterocycles. The second-order valence-corrected chi connectivity index (χ2v) is 7.14. The summed E-state index contributed by atoms with van der Waals surface area (Å²) in [6.07, 6.45) is 2.52. The number of ether oxygens (including phenoxy) is 1. The van der Waals surface area contributed by atoms with E-state index in [1.54, 1.807) is 23.1 Å². The zero-order valence-electron chi connectivity index (χ0n) is 14.2. The Morgan fingerprint density at radius 2 is 2.04 bits per heavy atom. The highest BCUT2D eigenvalue weighted by molar-refractivity contribution is 6.31. The van der Waals surface area contributed by atoms with Crippen LogP contribution < -0.4 is 15.4 Å². The zero-order chi connectivity index (χ0) is 19.2. The average molecular weight is 390 g/mol. The number of halogens is 1. The maximum absolute atomic E-state index is 12.6. The summed E-state index contributed by atoms with van der Waals surface area (Å²) < 4.78 is 6.17. The molecule has 27 heavy (non-hydrogen) atoms. The number of nitrogen functional groups attached to an aromatic ring is 1. The third-order valence-corrected chi connectivity index (χ3v) is 5.27. The number of carbonyl (C=O) groups is 1. The van der Waals surface area contributed by atoms with E-state index in [0.29, 0.717) is 42.3 Å². The molecule has 1 aromatic carbocycles. The van der Waals surface area contributed by atoms with Crippen molar-refractivity contribution in [3.63, 3.8) is 0 Å². The van der Waals surface area contributed by atoms with Gasteiger partial charge >= 0.3 is 5.69 Å². The number of ketones is 1. The van der Waals surface area contributed by atoms with Gasteiger partial charge in [0.2, 0.25) is 11.6 Å². The van der Waals surface area contributed by atoms with Crippen molar-refractivity contribution in [1.82, 2.24) is 9.97 Å². The normalized spacial score (nSPS) is 18.1. The molecule has 0 bridgehead atoms. The molecule has 4 rings (SSSR count). The summed E-state index contributed by atoms with van der Waals surface area (Å²) in [4.78, 5) is 32.9. The summed E-state index contributed by atoms with van der Waals surface area (Å²) in [5.41, 5.74) is 5.22. The molecule has 0 aliphatic carbocycles. The number of Topliss-reactive ketones (excluding diaryl/α,β-unsaturated/α-hetero) is 1. The molecule has 2 N–H and O–H groups in total. The molecular formula is C17H16ClN5O4. The summed E-state index contributed by atoms with van der Waals surface area (Å²) in [7, 11) is 0. The Hall–Kier alpha value is -2.94. The minimum Gasteiger partial charge on any atom is -0.486 e. The number of benzene rings is 1. The Balaban J connectivity index is 1.57. The van der Waals surface area contributed by atoms with Gasteiger partial charge in [0, 0.05) is 31.0 Å². The maximum Gasteiger partial charge on any atom is 0.353 e. The summed E-state index contributed by atoms with van der Waals surface area (Å²) in [5.74, 6) is 0.544. The minimum absolute atomic E-state index is 0.00976. The van der Waals surface area contributed by atoms with Crippen LogP contribution in [0.25, 0.3) is 0 Å². The predicted molar refractivity (Wildman–Crippen MR) is 98.3 cm³/mol. The second-order valence-electron chi connectivity index (χ2n) is 6.70. The highest BCUT2D eigenvalue weighted by atomic mass is 35.5. The molecule has 0 saturated carbocycles. The van der Waals surface area contributed by atoms with Gasteiger partial charge in [0.05, 0.1) is 16.9 Å². The second kappa shape index (κ2) is 6.34. The molecule has 0 amide bonds. The van der Waals surface area contributed by atoms with Gasteiger partial charge in [-0.1, -0.05) is 11.6 Å². The van der Waals surface area contributed by atoms with E-state index in [1.165, 1.54) is 6.33 Å². The number of nitrogens with two attached hydrogens (primary N) is 1. The van der Waals surface area contributed by atoms with E-state index in [9.17, 15) is 14.9 Å². The first-order valence-electron chi connectivity index (χ1n) is 8.40. The van der Waals surface area contributed by atoms with Crippen LogP contribution in [-0.2, 0) is 0 Å². The monoisotopic (exact) mass is 389 g/mol. The molecule has 10 heteroatoms. The smallest absolute Gasteiger partial charge is 0.353 e. The van der Waals surface area contributed by atoms with Crippen LogP contribution in [0.2, 0.25) is 5.02 Å². The van der Waals surface area contributed by atoms with Crippen LogP contribution in [0.1, 0.15) is 29.6 Å². The molecule has 1 aromatic heterocycles. The van der Waals surface area contributed by atoms with Gasteiger partial charge in [-0.2, -0.15) is 0 Å². The van der Waals surface area contributed by atoms with Gasteiger partial charge in [-0.25, -0.2) is 9.97 Å². The molecule has 0 unspecified atom stereocenters. The topological polar surface area (TPSA) is 124 Å². The lowest BCUT2D eigenvalue weighted by Crippen LogP contribution is -2.51. The molecule has 0 atom stereocenters. The van der Waals surface area contributed by atoms with Crippen molar-refractivity contribution >= 4 is 34.7 Å². The zero-order valence-corrected chi connectivity index (χ0v) is 15.0. The third kappa shape index (κ3) is 3.03. The standard InChI is InChI=1S/C17H16ClN5O4/c18-10-1-2-13-11(7-10)12(24)8-17(27-13)3-5-22(6-4-17)16-14(23(25)26)15(19)20-9-21-16/h1-2,7,9H,3-6,8H2,(H2,19,20,21). The molecule has 2 aliphatic rings. The van der Waals surface area contributed by atoms with Gasteiger partial charge in [-0.3, -0.25) is 14.9 Å². The minimum atomic E-state index is -0.623. The molecule has 2 aliphatic heterocycles. The Bertz CT molecular complexity index is 943. The lowest BCUT2D eigenvalue weighted by atomic mass is 9.82. The molecule has 0 radical (unpaired) electrons. The van der Waals surface area contributed by atoms with E-state index >= 15 is 0 Å². The first-order valence-corrected chi connectivity index (χ1v) is 8.78. The van der Waals surface area contributed by atoms with Crippen LogP contribution in [0.3, 0.4) is 0 Å². The van der Waals surface area contributed by atoms with E-state index < -0.39 is 10.5 Å². The van der Waals surface area contributed by atoms with Crippen LogP contribution in [-0.4, -0.2) is 39.4 Å². The number of nitro groups is 1. The number of fused-ring (bicyclic) bond motifs is 1. The van der Waals surface area contributed by atoms with Crippen LogP contribution in [0, 0.1) is 10.1 Å². The summed E-state index contributed by atoms with van der Waals surface area (Å²) in [6, 6.07) is 5.02. The molecule has 1 spiro atoms. The van der Waals surface area contributed by atoms with E-state index in [2.05, 4.69) is 9.97 Å². The predicted octanol–water partition coefficient (Wildman–Crippen LogP) is 2.62. The van der Waals surface area contributed by atoms with E-state index in [1.807, 2.05) is 0 Å². The summed E-state index contributed by atoms with van der Waals surface area (Å²) in [5, 5.41) is 11.8. The quantitative estimate of drug-likeness (QED) is 0.613. The fourth-order valence-electron chi connectivity index (χ4n) is 3.66.